The fourth-order valence-electron chi connectivity index (χ4n) is 14.5. The Kier molecular flexibility index (Phi) is 55.8. The van der Waals surface area contributed by atoms with Crippen LogP contribution in [-0.4, -0.2) is 341 Å². The molecule has 0 aliphatic carbocycles. The van der Waals surface area contributed by atoms with Gasteiger partial charge in [-0.25, -0.2) is 9.78 Å². The van der Waals surface area contributed by atoms with E-state index in [1.54, 1.807) is 44.2 Å². The third kappa shape index (κ3) is 46.1. The molecule has 2 aromatic rings. The normalized spacial score (nSPS) is 15.7. The van der Waals surface area contributed by atoms with Crippen LogP contribution in [-0.2, 0) is 123 Å². The van der Waals surface area contributed by atoms with Gasteiger partial charge in [0.1, 0.15) is 96.7 Å². The fraction of sp³-hybridized carbons (Fsp3) is 0.616. The summed E-state index contributed by atoms with van der Waals surface area (Å²) < 4.78 is 0. The number of carboxylic acids is 3. The zero-order valence-electron chi connectivity index (χ0n) is 80.0. The van der Waals surface area contributed by atoms with Gasteiger partial charge in [0, 0.05) is 75.7 Å². The molecule has 0 radical (unpaired) electrons. The summed E-state index contributed by atoms with van der Waals surface area (Å²) in [7, 11) is 0. The second-order valence-electron chi connectivity index (χ2n) is 34.5. The minimum Gasteiger partial charge on any atom is -0.481 e. The number of aliphatic carboxylic acids is 3. The van der Waals surface area contributed by atoms with Crippen LogP contribution in [0.15, 0.2) is 42.9 Å². The number of aliphatic hydroxyl groups is 3. The highest BCUT2D eigenvalue weighted by molar-refractivity contribution is 7.80. The number of hydrogen-bond acceptors (Lipinski definition) is 32. The van der Waals surface area contributed by atoms with Gasteiger partial charge in [0.25, 0.3) is 0 Å². The van der Waals surface area contributed by atoms with E-state index in [1.807, 2.05) is 0 Å². The number of benzene rings is 1. The minimum atomic E-state index is -2.21. The van der Waals surface area contributed by atoms with E-state index in [1.165, 1.54) is 12.5 Å². The molecule has 1 aromatic carbocycles. The number of carbonyl (C=O) groups is 23. The van der Waals surface area contributed by atoms with Gasteiger partial charge in [-0.15, -0.1) is 0 Å². The Morgan fingerprint density at radius 2 is 0.799 bits per heavy atom. The number of rotatable bonds is 71. The largest absolute Gasteiger partial charge is 0.481 e. The standard InChI is InChI=1S/C86H138N28O29S/c1-42(2)33-54(106-69(126)46(89)19-24-62(90)118)77(134)103-50(20-25-63(91)119)73(130)102-53(23-28-67(124)125)76(133)113-68(43(3)117)83(140)105-52(22-27-66(122)123)74(131)109-57(36-65(93)121)80(137)108-56(35-45-37-96-41-98-45)79(136)101-48(16-8-10-30-88)71(128)99-47(15-7-9-29-87)70(127)100-49(17-11-31-97-86(94)95)72(129)107-55(34-44-13-5-4-6-14-44)78(135)110-59(39-116)82(139)111-58(38-115)81(138)104-51(21-26-64(92)120)75(132)112-60(40-144)84(141)114-32-12-18-61(114)85(142)143/h4-6,13-14,37,41-43,46-61,68,115-117,144H,7-12,15-36,38-40,87-89H2,1-3H3,(H2,90,118)(H2,91,119)(H2,92,120)(H2,93,121)(H,96,98)(H,99,128)(H,100,127)(H,101,136)(H,102,130)(H,103,134)(H,104,138)(H,105,140)(H,106,126)(H,107,129)(H,108,137)(H,109,131)(H,110,135)(H,111,139)(H,112,132)(H,113,133)(H,122,123)(H,124,125)(H,142,143)(H4,94,95,97)/t43-,46+,47+,48+,49+,50+,51+,52+,53+,54+,55+,56+,57+,58+,59+,60+,61+,68+/m1/s1. The fourth-order valence-corrected chi connectivity index (χ4v) is 14.7. The number of nitrogens with two attached hydrogens (primary N) is 8. The number of thiol groups is 1. The molecule has 802 valence electrons. The Morgan fingerprint density at radius 3 is 1.19 bits per heavy atom. The molecule has 58 heteroatoms. The lowest BCUT2D eigenvalue weighted by Crippen LogP contribution is -2.62. The maximum absolute atomic E-state index is 15.0. The number of imidazole rings is 1. The Balaban J connectivity index is 2.03. The predicted octanol–water partition coefficient (Wildman–Crippen LogP) is -12.9. The summed E-state index contributed by atoms with van der Waals surface area (Å²) in [6.07, 6.45) is -7.77. The number of carboxylic acid groups (broad SMARTS) is 3. The Hall–Kier alpha value is -14.4. The molecular weight excluding hydrogens is 1920 g/mol. The van der Waals surface area contributed by atoms with Crippen molar-refractivity contribution in [1.82, 2.24) is 99.9 Å². The molecule has 0 unspecified atom stereocenters. The molecule has 2 heterocycles. The number of aromatic amines is 1. The van der Waals surface area contributed by atoms with E-state index < -0.39 is 328 Å². The van der Waals surface area contributed by atoms with E-state index in [9.17, 15) is 141 Å². The number of H-pyrrole nitrogens is 1. The van der Waals surface area contributed by atoms with Crippen molar-refractivity contribution in [3.63, 3.8) is 0 Å². The number of hydrogen-bond donors (Lipinski definition) is 33. The molecule has 3 rings (SSSR count). The first-order valence-corrected chi connectivity index (χ1v) is 47.0. The summed E-state index contributed by atoms with van der Waals surface area (Å²) >= 11 is 4.15. The van der Waals surface area contributed by atoms with Crippen molar-refractivity contribution in [2.24, 2.45) is 51.8 Å². The van der Waals surface area contributed by atoms with Gasteiger partial charge in [0.2, 0.25) is 118 Å². The highest BCUT2D eigenvalue weighted by Crippen LogP contribution is 2.21. The number of likely N-dealkylation sites (tertiary alicyclic amines) is 1. The van der Waals surface area contributed by atoms with Crippen LogP contribution < -0.4 is 131 Å². The lowest BCUT2D eigenvalue weighted by atomic mass is 10.0. The molecule has 144 heavy (non-hydrogen) atoms. The Morgan fingerprint density at radius 1 is 0.438 bits per heavy atom. The number of carbonyl (C=O) groups excluding carboxylic acids is 20. The molecule has 1 aliphatic rings. The van der Waals surface area contributed by atoms with Crippen LogP contribution >= 0.6 is 12.6 Å². The van der Waals surface area contributed by atoms with Crippen molar-refractivity contribution >= 4 is 155 Å². The van der Waals surface area contributed by atoms with Crippen molar-refractivity contribution in [1.29, 1.82) is 5.41 Å². The first kappa shape index (κ1) is 124. The van der Waals surface area contributed by atoms with Gasteiger partial charge in [0.05, 0.1) is 38.1 Å². The number of amides is 20. The van der Waals surface area contributed by atoms with Crippen molar-refractivity contribution in [2.75, 3.05) is 45.1 Å². The summed E-state index contributed by atoms with van der Waals surface area (Å²) in [6, 6.07) is -22.1. The molecular formula is C86H138N28O29S. The number of nitrogens with one attached hydrogen (secondary N) is 18. The van der Waals surface area contributed by atoms with Gasteiger partial charge in [-0.2, -0.15) is 12.6 Å². The average molecular weight is 2060 g/mol. The summed E-state index contributed by atoms with van der Waals surface area (Å²) in [4.78, 5) is 320. The van der Waals surface area contributed by atoms with Crippen LogP contribution in [0, 0.1) is 11.3 Å². The van der Waals surface area contributed by atoms with Crippen molar-refractivity contribution in [3.8, 4) is 0 Å². The Bertz CT molecular complexity index is 4710. The number of aliphatic hydroxyl groups excluding tert-OH is 3. The van der Waals surface area contributed by atoms with E-state index in [4.69, 9.17) is 51.3 Å². The molecule has 0 saturated carbocycles. The lowest BCUT2D eigenvalue weighted by Gasteiger charge is -2.29. The van der Waals surface area contributed by atoms with Crippen LogP contribution in [0.25, 0.3) is 0 Å². The Labute approximate surface area is 832 Å². The quantitative estimate of drug-likeness (QED) is 0.0127. The number of guanidine groups is 1. The van der Waals surface area contributed by atoms with Crippen LogP contribution in [0.1, 0.15) is 173 Å². The van der Waals surface area contributed by atoms with Gasteiger partial charge >= 0.3 is 17.9 Å². The smallest absolute Gasteiger partial charge is 0.326 e. The highest BCUT2D eigenvalue weighted by Gasteiger charge is 2.43. The summed E-state index contributed by atoms with van der Waals surface area (Å²) in [6.45, 7) is 1.85. The summed E-state index contributed by atoms with van der Waals surface area (Å²) in [5, 5.41) is 107. The summed E-state index contributed by atoms with van der Waals surface area (Å²) in [5.74, 6) is -28.8. The molecule has 0 bridgehead atoms. The van der Waals surface area contributed by atoms with E-state index in [0.717, 1.165) is 11.8 Å². The average Bonchev–Trinajstić information content (AvgIpc) is 1.54. The second kappa shape index (κ2) is 64.9. The number of unbranched alkanes of at least 4 members (excludes halogenated alkanes) is 2. The zero-order chi connectivity index (χ0) is 108. The number of aromatic nitrogens is 2. The van der Waals surface area contributed by atoms with Gasteiger partial charge in [-0.3, -0.25) is 111 Å². The molecule has 1 aliphatic heterocycles. The van der Waals surface area contributed by atoms with E-state index in [2.05, 4.69) is 108 Å². The molecule has 1 fully saturated rings. The molecule has 1 aromatic heterocycles. The molecule has 0 spiro atoms. The SMILES string of the molecule is CC(C)C[C@H](NC(=O)[C@@H](N)CCC(N)=O)C(=O)N[C@@H](CCC(N)=O)C(=O)N[C@@H](CCC(=O)O)C(=O)N[C@H](C(=O)N[C@@H](CCC(=O)O)C(=O)N[C@@H](CC(N)=O)C(=O)N[C@@H](Cc1cnc[nH]1)C(=O)N[C@@H](CCCCN)C(=O)N[C@@H](CCCCN)C(=O)N[C@@H](CCCNC(=N)N)C(=O)N[C@@H](Cc1ccccc1)C(=O)N[C@@H](CO)C(=O)N[C@@H](CO)C(=O)N[C@@H](CCC(N)=O)C(=O)N[C@@H](CS)C(=O)N1CCC[C@H]1C(=O)O)[C@@H](C)O. The maximum atomic E-state index is 15.0. The van der Waals surface area contributed by atoms with E-state index >= 15 is 0 Å². The van der Waals surface area contributed by atoms with Crippen LogP contribution in [0.2, 0.25) is 0 Å². The van der Waals surface area contributed by atoms with Gasteiger partial charge in [-0.1, -0.05) is 44.2 Å². The molecule has 40 N–H and O–H groups in total. The highest BCUT2D eigenvalue weighted by atomic mass is 32.1. The predicted molar refractivity (Wildman–Crippen MR) is 509 cm³/mol. The second-order valence-corrected chi connectivity index (χ2v) is 34.8. The third-order valence-corrected chi connectivity index (χ3v) is 22.6. The van der Waals surface area contributed by atoms with Gasteiger partial charge in [0.15, 0.2) is 5.96 Å². The van der Waals surface area contributed by atoms with Gasteiger partial charge < -0.3 is 171 Å². The van der Waals surface area contributed by atoms with Crippen molar-refractivity contribution in [3.05, 3.63) is 54.1 Å². The summed E-state index contributed by atoms with van der Waals surface area (Å²) in [5.41, 5.74) is 45.2. The lowest BCUT2D eigenvalue weighted by molar-refractivity contribution is -0.149. The molecule has 57 nitrogen and oxygen atoms in total. The topological polar surface area (TPSA) is 970 Å². The van der Waals surface area contributed by atoms with Crippen molar-refractivity contribution in [2.45, 2.75) is 284 Å². The van der Waals surface area contributed by atoms with Crippen LogP contribution in [0.4, 0.5) is 0 Å². The van der Waals surface area contributed by atoms with E-state index in [0.29, 0.717) is 12.0 Å². The molecule has 1 saturated heterocycles. The molecule has 20 amide bonds. The number of nitrogens with zero attached hydrogens (tertiary/aromatic N) is 2. The van der Waals surface area contributed by atoms with Crippen LogP contribution in [0.3, 0.4) is 0 Å². The molecule has 18 atom stereocenters. The monoisotopic (exact) mass is 2060 g/mol. The third-order valence-electron chi connectivity index (χ3n) is 22.2. The zero-order valence-corrected chi connectivity index (χ0v) is 80.9. The minimum absolute atomic E-state index is 0.0302. The van der Waals surface area contributed by atoms with E-state index in [-0.39, 0.29) is 127 Å². The number of primary amides is 4. The van der Waals surface area contributed by atoms with Crippen LogP contribution in [0.5, 0.6) is 0 Å². The van der Waals surface area contributed by atoms with Gasteiger partial charge in [-0.05, 0) is 134 Å². The first-order valence-electron chi connectivity index (χ1n) is 46.4. The van der Waals surface area contributed by atoms with Crippen molar-refractivity contribution < 1.29 is 141 Å². The maximum Gasteiger partial charge on any atom is 0.326 e. The first-order chi connectivity index (χ1) is 68.0.